The van der Waals surface area contributed by atoms with Crippen molar-refractivity contribution in [1.29, 1.82) is 0 Å². The van der Waals surface area contributed by atoms with E-state index in [1.165, 1.54) is 7.11 Å². The van der Waals surface area contributed by atoms with Crippen molar-refractivity contribution in [3.63, 3.8) is 0 Å². The van der Waals surface area contributed by atoms with Gasteiger partial charge in [0, 0.05) is 3.57 Å². The zero-order valence-electron chi connectivity index (χ0n) is 13.1. The number of carbonyl (C=O) groups is 3. The highest BCUT2D eigenvalue weighted by molar-refractivity contribution is 14.1. The van der Waals surface area contributed by atoms with Crippen molar-refractivity contribution >= 4 is 56.3 Å². The highest BCUT2D eigenvalue weighted by Gasteiger charge is 2.46. The van der Waals surface area contributed by atoms with Crippen LogP contribution in [-0.2, 0) is 9.53 Å². The molecule has 2 atom stereocenters. The van der Waals surface area contributed by atoms with E-state index in [4.69, 9.17) is 4.74 Å². The summed E-state index contributed by atoms with van der Waals surface area (Å²) in [6.45, 7) is 0. The summed E-state index contributed by atoms with van der Waals surface area (Å²) in [5.41, 5.74) is 1.36. The number of methoxy groups -OCH3 is 1. The number of rotatable bonds is 4. The maximum atomic E-state index is 12.7. The average Bonchev–Trinajstić information content (AvgIpc) is 2.88. The molecule has 0 aromatic heterocycles. The van der Waals surface area contributed by atoms with Gasteiger partial charge in [0.15, 0.2) is 6.04 Å². The Bertz CT molecular complexity index is 817. The third-order valence-electron chi connectivity index (χ3n) is 4.01. The van der Waals surface area contributed by atoms with Crippen LogP contribution in [-0.4, -0.2) is 35.8 Å². The number of hydrogen-bond acceptors (Lipinski definition) is 4. The van der Waals surface area contributed by atoms with Crippen molar-refractivity contribution in [3.05, 3.63) is 68.8 Å². The number of imide groups is 1. The summed E-state index contributed by atoms with van der Waals surface area (Å²) in [5.74, 6) is -1.65. The third kappa shape index (κ3) is 3.22. The maximum Gasteiger partial charge on any atom is 0.330 e. The van der Waals surface area contributed by atoms with Gasteiger partial charge in [-0.2, -0.15) is 0 Å². The van der Waals surface area contributed by atoms with E-state index in [2.05, 4.69) is 38.5 Å². The van der Waals surface area contributed by atoms with Crippen LogP contribution in [0.25, 0.3) is 0 Å². The molecule has 3 rings (SSSR count). The molecule has 0 radical (unpaired) electrons. The second-order valence-corrected chi connectivity index (χ2v) is 7.68. The zero-order valence-corrected chi connectivity index (χ0v) is 16.9. The normalized spacial score (nSPS) is 15.7. The van der Waals surface area contributed by atoms with Gasteiger partial charge in [0.1, 0.15) is 0 Å². The van der Waals surface area contributed by atoms with Crippen LogP contribution in [0.15, 0.2) is 48.5 Å². The predicted molar refractivity (Wildman–Crippen MR) is 104 cm³/mol. The Morgan fingerprint density at radius 1 is 1.04 bits per heavy atom. The summed E-state index contributed by atoms with van der Waals surface area (Å²) >= 11 is 5.66. The summed E-state index contributed by atoms with van der Waals surface area (Å²) in [7, 11) is 1.24. The van der Waals surface area contributed by atoms with E-state index in [1.54, 1.807) is 24.3 Å². The Balaban J connectivity index is 2.03. The van der Waals surface area contributed by atoms with E-state index in [0.29, 0.717) is 11.1 Å². The fourth-order valence-corrected chi connectivity index (χ4v) is 3.88. The molecule has 0 N–H and O–H groups in total. The van der Waals surface area contributed by atoms with Crippen molar-refractivity contribution in [3.8, 4) is 0 Å². The van der Waals surface area contributed by atoms with Gasteiger partial charge in [-0.1, -0.05) is 40.2 Å². The quantitative estimate of drug-likeness (QED) is 0.271. The van der Waals surface area contributed by atoms with Gasteiger partial charge in [0.25, 0.3) is 11.8 Å². The van der Waals surface area contributed by atoms with Gasteiger partial charge in [0.05, 0.1) is 23.1 Å². The van der Waals surface area contributed by atoms with Gasteiger partial charge >= 0.3 is 5.97 Å². The minimum Gasteiger partial charge on any atom is -0.467 e. The van der Waals surface area contributed by atoms with Crippen molar-refractivity contribution < 1.29 is 19.1 Å². The summed E-state index contributed by atoms with van der Waals surface area (Å²) in [6, 6.07) is 12.9. The number of fused-ring (bicyclic) bond motifs is 1. The molecule has 1 aliphatic heterocycles. The van der Waals surface area contributed by atoms with Crippen LogP contribution in [0.1, 0.15) is 31.1 Å². The lowest BCUT2D eigenvalue weighted by atomic mass is 10.0. The van der Waals surface area contributed by atoms with Gasteiger partial charge in [0.2, 0.25) is 0 Å². The van der Waals surface area contributed by atoms with Gasteiger partial charge in [-0.3, -0.25) is 14.5 Å². The van der Waals surface area contributed by atoms with Crippen LogP contribution >= 0.6 is 38.5 Å². The SMILES string of the molecule is COC(=O)[C@H]([C@H](Br)c1ccc(I)cc1)N1C(=O)c2ccccc2C1=O. The minimum absolute atomic E-state index is 0.295. The predicted octanol–water partition coefficient (Wildman–Crippen LogP) is 3.57. The van der Waals surface area contributed by atoms with E-state index in [9.17, 15) is 14.4 Å². The van der Waals surface area contributed by atoms with Crippen LogP contribution in [0.3, 0.4) is 0 Å². The second kappa shape index (κ2) is 7.25. The highest BCUT2D eigenvalue weighted by atomic mass is 127. The van der Waals surface area contributed by atoms with E-state index >= 15 is 0 Å². The van der Waals surface area contributed by atoms with Crippen LogP contribution in [0, 0.1) is 3.57 Å². The van der Waals surface area contributed by atoms with Gasteiger partial charge in [-0.05, 0) is 52.4 Å². The van der Waals surface area contributed by atoms with Gasteiger partial charge < -0.3 is 4.74 Å². The number of alkyl halides is 1. The molecule has 0 unspecified atom stereocenters. The van der Waals surface area contributed by atoms with E-state index in [0.717, 1.165) is 14.0 Å². The van der Waals surface area contributed by atoms with Crippen LogP contribution < -0.4 is 0 Å². The number of ether oxygens (including phenoxy) is 1. The first-order chi connectivity index (χ1) is 12.0. The lowest BCUT2D eigenvalue weighted by molar-refractivity contribution is -0.145. The number of nitrogens with zero attached hydrogens (tertiary/aromatic N) is 1. The molecule has 2 amide bonds. The Hall–Kier alpha value is -1.74. The van der Waals surface area contributed by atoms with Crippen LogP contribution in [0.2, 0.25) is 0 Å². The fourth-order valence-electron chi connectivity index (χ4n) is 2.77. The number of halogens is 2. The molecule has 128 valence electrons. The first kappa shape index (κ1) is 18.1. The Kier molecular flexibility index (Phi) is 5.24. The summed E-state index contributed by atoms with van der Waals surface area (Å²) in [5, 5.41) is 0. The topological polar surface area (TPSA) is 63.7 Å². The molecule has 0 bridgehead atoms. The van der Waals surface area contributed by atoms with Gasteiger partial charge in [-0.25, -0.2) is 4.79 Å². The molecule has 2 aromatic carbocycles. The molecule has 0 aliphatic carbocycles. The number of hydrogen-bond donors (Lipinski definition) is 0. The molecule has 1 heterocycles. The molecule has 5 nitrogen and oxygen atoms in total. The maximum absolute atomic E-state index is 12.7. The second-order valence-electron chi connectivity index (χ2n) is 5.45. The van der Waals surface area contributed by atoms with E-state index in [1.807, 2.05) is 24.3 Å². The van der Waals surface area contributed by atoms with Crippen LogP contribution in [0.5, 0.6) is 0 Å². The van der Waals surface area contributed by atoms with Crippen LogP contribution in [0.4, 0.5) is 0 Å². The molecular formula is C18H13BrINO4. The van der Waals surface area contributed by atoms with Crippen molar-refractivity contribution in [1.82, 2.24) is 4.90 Å². The zero-order chi connectivity index (χ0) is 18.1. The molecule has 2 aromatic rings. The lowest BCUT2D eigenvalue weighted by Gasteiger charge is -2.28. The first-order valence-corrected chi connectivity index (χ1v) is 9.39. The van der Waals surface area contributed by atoms with Gasteiger partial charge in [-0.15, -0.1) is 0 Å². The number of benzene rings is 2. The van der Waals surface area contributed by atoms with Crippen molar-refractivity contribution in [2.45, 2.75) is 10.9 Å². The Morgan fingerprint density at radius 3 is 2.04 bits per heavy atom. The summed E-state index contributed by atoms with van der Waals surface area (Å²) < 4.78 is 5.91. The van der Waals surface area contributed by atoms with E-state index in [-0.39, 0.29) is 0 Å². The molecule has 1 aliphatic rings. The number of amides is 2. The molecule has 25 heavy (non-hydrogen) atoms. The average molecular weight is 514 g/mol. The van der Waals surface area contributed by atoms with E-state index < -0.39 is 28.7 Å². The Morgan fingerprint density at radius 2 is 1.56 bits per heavy atom. The Labute approximate surface area is 166 Å². The third-order valence-corrected chi connectivity index (χ3v) is 5.76. The smallest absolute Gasteiger partial charge is 0.330 e. The number of esters is 1. The molecule has 7 heteroatoms. The molecule has 0 saturated carbocycles. The fraction of sp³-hybridized carbons (Fsp3) is 0.167. The first-order valence-electron chi connectivity index (χ1n) is 7.40. The molecule has 0 spiro atoms. The monoisotopic (exact) mass is 513 g/mol. The highest BCUT2D eigenvalue weighted by Crippen LogP contribution is 2.35. The lowest BCUT2D eigenvalue weighted by Crippen LogP contribution is -2.47. The summed E-state index contributed by atoms with van der Waals surface area (Å²) in [4.78, 5) is 38.3. The largest absolute Gasteiger partial charge is 0.467 e. The van der Waals surface area contributed by atoms with Crippen molar-refractivity contribution in [2.75, 3.05) is 7.11 Å². The number of carbonyl (C=O) groups excluding carboxylic acids is 3. The summed E-state index contributed by atoms with van der Waals surface area (Å²) in [6.07, 6.45) is 0. The molecular weight excluding hydrogens is 501 g/mol. The standard InChI is InChI=1S/C18H13BrINO4/c1-25-18(24)15(14(19)10-6-8-11(20)9-7-10)21-16(22)12-4-2-3-5-13(12)17(21)23/h2-9,14-15H,1H3/t14-,15+/m1/s1. The van der Waals surface area contributed by atoms with Crippen molar-refractivity contribution in [2.24, 2.45) is 0 Å². The molecule has 0 saturated heterocycles. The molecule has 0 fully saturated rings. The minimum atomic E-state index is -1.10.